The Hall–Kier alpha value is -4.38. The van der Waals surface area contributed by atoms with Gasteiger partial charge in [0.25, 0.3) is 0 Å². The summed E-state index contributed by atoms with van der Waals surface area (Å²) in [5, 5.41) is 18.5. The van der Waals surface area contributed by atoms with E-state index in [-0.39, 0.29) is 22.0 Å². The van der Waals surface area contributed by atoms with Gasteiger partial charge in [-0.1, -0.05) is 23.7 Å². The Morgan fingerprint density at radius 1 is 1.02 bits per heavy atom. The van der Waals surface area contributed by atoms with E-state index in [0.29, 0.717) is 15.3 Å². The standard InChI is InChI=1S/C27H27ClF6N6O5/c1-25(2,23(35)44)37-20(42)11-18(15-4-3-5-16(10-15)26(29,30)31)36-21(43)13-40-24(45)39(12-19(41)27(32,33)34)22(38-40)14-6-8-17(28)9-7-14/h3-10,18-19,41H,11-13H2,1-2H3,(H2,35,44)(H,36,43)(H,37,42). The molecule has 0 aliphatic carbocycles. The quantitative estimate of drug-likeness (QED) is 0.231. The number of carbonyl (C=O) groups excluding carboxylic acids is 3. The van der Waals surface area contributed by atoms with Gasteiger partial charge in [-0.2, -0.15) is 26.3 Å². The van der Waals surface area contributed by atoms with E-state index < -0.39 is 78.5 Å². The molecule has 1 aromatic heterocycles. The maximum atomic E-state index is 13.4. The first-order chi connectivity index (χ1) is 20.7. The van der Waals surface area contributed by atoms with Gasteiger partial charge in [-0.05, 0) is 55.8 Å². The predicted octanol–water partition coefficient (Wildman–Crippen LogP) is 2.93. The first kappa shape index (κ1) is 35.1. The van der Waals surface area contributed by atoms with Crippen molar-refractivity contribution in [3.8, 4) is 11.4 Å². The molecular formula is C27H27ClF6N6O5. The fraction of sp³-hybridized carbons (Fsp3) is 0.370. The number of nitrogens with two attached hydrogens (primary N) is 1. The maximum absolute atomic E-state index is 13.4. The smallest absolute Gasteiger partial charge is 0.382 e. The third kappa shape index (κ3) is 9.07. The fourth-order valence-corrected chi connectivity index (χ4v) is 4.13. The van der Waals surface area contributed by atoms with E-state index >= 15 is 0 Å². The molecule has 244 valence electrons. The van der Waals surface area contributed by atoms with Gasteiger partial charge in [0.15, 0.2) is 11.9 Å². The van der Waals surface area contributed by atoms with Crippen molar-refractivity contribution in [1.29, 1.82) is 0 Å². The number of halogens is 7. The zero-order chi connectivity index (χ0) is 33.9. The van der Waals surface area contributed by atoms with Crippen molar-refractivity contribution in [2.24, 2.45) is 5.73 Å². The predicted molar refractivity (Wildman–Crippen MR) is 147 cm³/mol. The van der Waals surface area contributed by atoms with Gasteiger partial charge in [0.05, 0.1) is 24.6 Å². The van der Waals surface area contributed by atoms with Crippen LogP contribution in [0.25, 0.3) is 11.4 Å². The maximum Gasteiger partial charge on any atom is 0.416 e. The van der Waals surface area contributed by atoms with Gasteiger partial charge >= 0.3 is 18.0 Å². The van der Waals surface area contributed by atoms with Crippen molar-refractivity contribution in [3.63, 3.8) is 0 Å². The summed E-state index contributed by atoms with van der Waals surface area (Å²) in [7, 11) is 0. The number of hydrogen-bond donors (Lipinski definition) is 4. The lowest BCUT2D eigenvalue weighted by Crippen LogP contribution is -2.53. The highest BCUT2D eigenvalue weighted by Gasteiger charge is 2.39. The highest BCUT2D eigenvalue weighted by atomic mass is 35.5. The number of alkyl halides is 6. The zero-order valence-electron chi connectivity index (χ0n) is 23.5. The molecule has 1 heterocycles. The minimum absolute atomic E-state index is 0.112. The van der Waals surface area contributed by atoms with Crippen LogP contribution in [-0.2, 0) is 33.6 Å². The van der Waals surface area contributed by atoms with E-state index in [2.05, 4.69) is 15.7 Å². The largest absolute Gasteiger partial charge is 0.416 e. The number of aromatic nitrogens is 3. The number of benzene rings is 2. The molecule has 0 spiro atoms. The van der Waals surface area contributed by atoms with Crippen LogP contribution in [-0.4, -0.2) is 55.0 Å². The molecule has 0 fully saturated rings. The van der Waals surface area contributed by atoms with Gasteiger partial charge in [-0.25, -0.2) is 9.48 Å². The average Bonchev–Trinajstić information content (AvgIpc) is 3.21. The van der Waals surface area contributed by atoms with Crippen molar-refractivity contribution in [3.05, 3.63) is 75.2 Å². The van der Waals surface area contributed by atoms with Crippen LogP contribution in [0, 0.1) is 0 Å². The second-order valence-electron chi connectivity index (χ2n) is 10.4. The number of hydrogen-bond acceptors (Lipinski definition) is 6. The summed E-state index contributed by atoms with van der Waals surface area (Å²) < 4.78 is 80.6. The Morgan fingerprint density at radius 2 is 1.64 bits per heavy atom. The molecule has 3 amide bonds. The third-order valence-electron chi connectivity index (χ3n) is 6.46. The van der Waals surface area contributed by atoms with E-state index in [0.717, 1.165) is 12.1 Å². The molecule has 18 heteroatoms. The minimum atomic E-state index is -5.10. The van der Waals surface area contributed by atoms with Gasteiger partial charge < -0.3 is 21.5 Å². The molecule has 5 N–H and O–H groups in total. The number of nitrogens with one attached hydrogen (secondary N) is 2. The van der Waals surface area contributed by atoms with Crippen LogP contribution in [0.5, 0.6) is 0 Å². The number of aliphatic hydroxyl groups excluding tert-OH is 1. The summed E-state index contributed by atoms with van der Waals surface area (Å²) in [5.74, 6) is -3.22. The number of primary amides is 1. The highest BCUT2D eigenvalue weighted by Crippen LogP contribution is 2.31. The summed E-state index contributed by atoms with van der Waals surface area (Å²) in [6.45, 7) is 0.340. The molecular weight excluding hydrogens is 638 g/mol. The summed E-state index contributed by atoms with van der Waals surface area (Å²) in [4.78, 5) is 50.6. The topological polar surface area (TPSA) is 161 Å². The average molecular weight is 665 g/mol. The van der Waals surface area contributed by atoms with Crippen molar-refractivity contribution in [2.75, 3.05) is 0 Å². The lowest BCUT2D eigenvalue weighted by Gasteiger charge is -2.25. The van der Waals surface area contributed by atoms with E-state index in [1.165, 1.54) is 44.2 Å². The van der Waals surface area contributed by atoms with Crippen molar-refractivity contribution in [1.82, 2.24) is 25.0 Å². The number of amides is 3. The monoisotopic (exact) mass is 664 g/mol. The second-order valence-corrected chi connectivity index (χ2v) is 10.9. The SMILES string of the molecule is CC(C)(NC(=O)CC(NC(=O)Cn1nc(-c2ccc(Cl)cc2)n(CC(O)C(F)(F)F)c1=O)c1cccc(C(F)(F)F)c1)C(N)=O. The van der Waals surface area contributed by atoms with Gasteiger partial charge in [0, 0.05) is 10.6 Å². The molecule has 11 nitrogen and oxygen atoms in total. The first-order valence-electron chi connectivity index (χ1n) is 12.9. The number of carbonyl (C=O) groups is 3. The molecule has 0 bridgehead atoms. The first-order valence-corrected chi connectivity index (χ1v) is 13.3. The van der Waals surface area contributed by atoms with Gasteiger partial charge in [-0.3, -0.25) is 19.0 Å². The Labute approximate surface area is 256 Å². The molecule has 2 unspecified atom stereocenters. The Balaban J connectivity index is 1.97. The van der Waals surface area contributed by atoms with E-state index in [1.54, 1.807) is 0 Å². The minimum Gasteiger partial charge on any atom is -0.382 e. The second kappa shape index (κ2) is 13.3. The van der Waals surface area contributed by atoms with Crippen LogP contribution >= 0.6 is 11.6 Å². The number of rotatable bonds is 11. The molecule has 0 radical (unpaired) electrons. The van der Waals surface area contributed by atoms with E-state index in [4.69, 9.17) is 17.3 Å². The van der Waals surface area contributed by atoms with Crippen LogP contribution in [0.15, 0.2) is 53.3 Å². The summed E-state index contributed by atoms with van der Waals surface area (Å²) in [6.07, 6.45) is -13.5. The number of aliphatic hydroxyl groups is 1. The van der Waals surface area contributed by atoms with Crippen molar-refractivity contribution < 1.29 is 45.8 Å². The molecule has 0 aliphatic heterocycles. The number of nitrogens with zero attached hydrogens (tertiary/aromatic N) is 3. The van der Waals surface area contributed by atoms with E-state index in [9.17, 15) is 50.6 Å². The molecule has 0 aliphatic rings. The lowest BCUT2D eigenvalue weighted by atomic mass is 9.99. The van der Waals surface area contributed by atoms with E-state index in [1.807, 2.05) is 0 Å². The molecule has 2 aromatic carbocycles. The Kier molecular flexibility index (Phi) is 10.4. The van der Waals surface area contributed by atoms with Crippen molar-refractivity contribution >= 4 is 29.3 Å². The molecule has 0 saturated heterocycles. The van der Waals surface area contributed by atoms with Crippen LogP contribution in [0.3, 0.4) is 0 Å². The van der Waals surface area contributed by atoms with Gasteiger partial charge in [0.1, 0.15) is 12.1 Å². The molecule has 3 rings (SSSR count). The fourth-order valence-electron chi connectivity index (χ4n) is 4.00. The lowest BCUT2D eigenvalue weighted by molar-refractivity contribution is -0.207. The zero-order valence-corrected chi connectivity index (χ0v) is 24.3. The van der Waals surface area contributed by atoms with Gasteiger partial charge in [0.2, 0.25) is 17.7 Å². The summed E-state index contributed by atoms with van der Waals surface area (Å²) in [5.41, 5.74) is 1.32. The summed E-state index contributed by atoms with van der Waals surface area (Å²) >= 11 is 5.86. The van der Waals surface area contributed by atoms with Crippen LogP contribution in [0.4, 0.5) is 26.3 Å². The molecule has 2 atom stereocenters. The summed E-state index contributed by atoms with van der Waals surface area (Å²) in [6, 6.07) is 7.65. The van der Waals surface area contributed by atoms with Crippen LogP contribution in [0.1, 0.15) is 37.4 Å². The van der Waals surface area contributed by atoms with Crippen LogP contribution in [0.2, 0.25) is 5.02 Å². The Morgan fingerprint density at radius 3 is 2.20 bits per heavy atom. The van der Waals surface area contributed by atoms with Crippen LogP contribution < -0.4 is 22.1 Å². The molecule has 3 aromatic rings. The van der Waals surface area contributed by atoms with Crippen molar-refractivity contribution in [2.45, 2.75) is 63.4 Å². The highest BCUT2D eigenvalue weighted by molar-refractivity contribution is 6.30. The normalized spacial score (nSPS) is 13.6. The third-order valence-corrected chi connectivity index (χ3v) is 6.71. The van der Waals surface area contributed by atoms with Gasteiger partial charge in [-0.15, -0.1) is 5.10 Å². The molecule has 0 saturated carbocycles. The Bertz CT molecular complexity index is 1620. The molecule has 45 heavy (non-hydrogen) atoms.